The number of anilines is 2. The standard InChI is InChI=1S/C21H26F3N5O/c1-16-14-19(26-20(25-16)29-10-12-30-13-11-29)28-8-6-27(7-9-28)15-17-4-2-3-5-18(17)21(22,23)24/h2-5,14H,6-13,15H2,1H3. The van der Waals surface area contributed by atoms with Crippen molar-refractivity contribution >= 4 is 11.8 Å². The molecule has 30 heavy (non-hydrogen) atoms. The quantitative estimate of drug-likeness (QED) is 0.757. The van der Waals surface area contributed by atoms with E-state index in [1.807, 2.05) is 13.0 Å². The van der Waals surface area contributed by atoms with Gasteiger partial charge in [0.2, 0.25) is 5.95 Å². The second-order valence-corrected chi connectivity index (χ2v) is 7.69. The van der Waals surface area contributed by atoms with E-state index >= 15 is 0 Å². The molecule has 0 saturated carbocycles. The number of ether oxygens (including phenoxy) is 1. The predicted molar refractivity (Wildman–Crippen MR) is 109 cm³/mol. The van der Waals surface area contributed by atoms with Crippen LogP contribution in [0.3, 0.4) is 0 Å². The number of aromatic nitrogens is 2. The van der Waals surface area contributed by atoms with Gasteiger partial charge in [0.05, 0.1) is 18.8 Å². The van der Waals surface area contributed by atoms with Crippen LogP contribution >= 0.6 is 0 Å². The average Bonchev–Trinajstić information content (AvgIpc) is 2.74. The fraction of sp³-hybridized carbons (Fsp3) is 0.524. The smallest absolute Gasteiger partial charge is 0.378 e. The highest BCUT2D eigenvalue weighted by molar-refractivity contribution is 5.46. The van der Waals surface area contributed by atoms with Gasteiger partial charge in [-0.3, -0.25) is 4.90 Å². The number of rotatable bonds is 4. The molecular weight excluding hydrogens is 395 g/mol. The maximum absolute atomic E-state index is 13.3. The van der Waals surface area contributed by atoms with Crippen molar-refractivity contribution in [3.63, 3.8) is 0 Å². The lowest BCUT2D eigenvalue weighted by molar-refractivity contribution is -0.138. The van der Waals surface area contributed by atoms with Gasteiger partial charge in [-0.2, -0.15) is 18.2 Å². The Morgan fingerprint density at radius 2 is 1.63 bits per heavy atom. The molecule has 1 aromatic carbocycles. The zero-order valence-electron chi connectivity index (χ0n) is 17.0. The van der Waals surface area contributed by atoms with Crippen molar-refractivity contribution < 1.29 is 17.9 Å². The van der Waals surface area contributed by atoms with E-state index in [9.17, 15) is 13.2 Å². The molecule has 2 saturated heterocycles. The highest BCUT2D eigenvalue weighted by Gasteiger charge is 2.33. The highest BCUT2D eigenvalue weighted by Crippen LogP contribution is 2.32. The molecule has 0 amide bonds. The van der Waals surface area contributed by atoms with Crippen LogP contribution in [0.5, 0.6) is 0 Å². The van der Waals surface area contributed by atoms with Crippen LogP contribution in [0.15, 0.2) is 30.3 Å². The van der Waals surface area contributed by atoms with Gasteiger partial charge < -0.3 is 14.5 Å². The molecule has 2 aromatic rings. The van der Waals surface area contributed by atoms with Gasteiger partial charge >= 0.3 is 6.18 Å². The molecule has 0 N–H and O–H groups in total. The molecule has 0 radical (unpaired) electrons. The van der Waals surface area contributed by atoms with Gasteiger partial charge in [0, 0.05) is 57.6 Å². The van der Waals surface area contributed by atoms with Gasteiger partial charge in [-0.1, -0.05) is 18.2 Å². The fourth-order valence-electron chi connectivity index (χ4n) is 3.91. The Morgan fingerprint density at radius 1 is 0.933 bits per heavy atom. The van der Waals surface area contributed by atoms with Crippen LogP contribution in [0.1, 0.15) is 16.8 Å². The number of piperazine rings is 1. The topological polar surface area (TPSA) is 44.7 Å². The molecule has 1 aromatic heterocycles. The average molecular weight is 421 g/mol. The summed E-state index contributed by atoms with van der Waals surface area (Å²) in [5.74, 6) is 1.59. The summed E-state index contributed by atoms with van der Waals surface area (Å²) in [5, 5.41) is 0. The minimum atomic E-state index is -4.33. The monoisotopic (exact) mass is 421 g/mol. The van der Waals surface area contributed by atoms with E-state index in [1.165, 1.54) is 6.07 Å². The summed E-state index contributed by atoms with van der Waals surface area (Å²) in [6, 6.07) is 7.80. The number of nitrogens with zero attached hydrogens (tertiary/aromatic N) is 5. The molecule has 162 valence electrons. The lowest BCUT2D eigenvalue weighted by Crippen LogP contribution is -2.46. The summed E-state index contributed by atoms with van der Waals surface area (Å²) >= 11 is 0. The molecule has 0 bridgehead atoms. The number of hydrogen-bond acceptors (Lipinski definition) is 6. The Kier molecular flexibility index (Phi) is 6.10. The number of aryl methyl sites for hydroxylation is 1. The third-order valence-electron chi connectivity index (χ3n) is 5.54. The molecule has 2 aliphatic heterocycles. The first-order valence-corrected chi connectivity index (χ1v) is 10.2. The van der Waals surface area contributed by atoms with Crippen LogP contribution in [0.2, 0.25) is 0 Å². The summed E-state index contributed by atoms with van der Waals surface area (Å²) in [4.78, 5) is 15.7. The van der Waals surface area contributed by atoms with Crippen LogP contribution in [0.25, 0.3) is 0 Å². The first-order chi connectivity index (χ1) is 14.4. The lowest BCUT2D eigenvalue weighted by atomic mass is 10.1. The first kappa shape index (κ1) is 20.9. The van der Waals surface area contributed by atoms with E-state index in [-0.39, 0.29) is 0 Å². The third kappa shape index (κ3) is 4.84. The van der Waals surface area contributed by atoms with Crippen molar-refractivity contribution in [3.05, 3.63) is 47.2 Å². The summed E-state index contributed by atoms with van der Waals surface area (Å²) in [6.45, 7) is 7.94. The van der Waals surface area contributed by atoms with E-state index in [2.05, 4.69) is 19.7 Å². The molecule has 0 spiro atoms. The van der Waals surface area contributed by atoms with Gasteiger partial charge in [0.15, 0.2) is 0 Å². The Balaban J connectivity index is 1.41. The normalized spacial score (nSPS) is 18.7. The summed E-state index contributed by atoms with van der Waals surface area (Å²) in [6.07, 6.45) is -4.33. The number of hydrogen-bond donors (Lipinski definition) is 0. The lowest BCUT2D eigenvalue weighted by Gasteiger charge is -2.36. The van der Waals surface area contributed by atoms with Crippen LogP contribution in [0.4, 0.5) is 24.9 Å². The molecule has 9 heteroatoms. The Morgan fingerprint density at radius 3 is 2.33 bits per heavy atom. The summed E-state index contributed by atoms with van der Waals surface area (Å²) < 4.78 is 45.2. The van der Waals surface area contributed by atoms with Crippen molar-refractivity contribution in [2.45, 2.75) is 19.6 Å². The molecule has 2 aliphatic rings. The van der Waals surface area contributed by atoms with Crippen molar-refractivity contribution in [1.82, 2.24) is 14.9 Å². The largest absolute Gasteiger partial charge is 0.416 e. The Labute approximate surface area is 174 Å². The second kappa shape index (κ2) is 8.77. The predicted octanol–water partition coefficient (Wildman–Crippen LogP) is 2.96. The zero-order chi connectivity index (χ0) is 21.1. The number of halogens is 3. The maximum atomic E-state index is 13.3. The van der Waals surface area contributed by atoms with Gasteiger partial charge in [0.1, 0.15) is 5.82 Å². The van der Waals surface area contributed by atoms with Crippen LogP contribution < -0.4 is 9.80 Å². The van der Waals surface area contributed by atoms with Gasteiger partial charge in [-0.25, -0.2) is 4.98 Å². The van der Waals surface area contributed by atoms with E-state index in [1.54, 1.807) is 12.1 Å². The third-order valence-corrected chi connectivity index (χ3v) is 5.54. The molecular formula is C21H26F3N5O. The van der Waals surface area contributed by atoms with Crippen molar-refractivity contribution in [1.29, 1.82) is 0 Å². The van der Waals surface area contributed by atoms with Gasteiger partial charge in [0.25, 0.3) is 0 Å². The van der Waals surface area contributed by atoms with Gasteiger partial charge in [-0.15, -0.1) is 0 Å². The number of benzene rings is 1. The summed E-state index contributed by atoms with van der Waals surface area (Å²) in [5.41, 5.74) is 0.683. The van der Waals surface area contributed by atoms with Crippen LogP contribution in [-0.4, -0.2) is 67.4 Å². The van der Waals surface area contributed by atoms with Gasteiger partial charge in [-0.05, 0) is 18.6 Å². The van der Waals surface area contributed by atoms with Crippen molar-refractivity contribution in [2.75, 3.05) is 62.3 Å². The van der Waals surface area contributed by atoms with E-state index in [4.69, 9.17) is 9.72 Å². The highest BCUT2D eigenvalue weighted by atomic mass is 19.4. The maximum Gasteiger partial charge on any atom is 0.416 e. The Bertz CT molecular complexity index is 862. The zero-order valence-corrected chi connectivity index (χ0v) is 17.0. The van der Waals surface area contributed by atoms with Crippen molar-refractivity contribution in [2.24, 2.45) is 0 Å². The van der Waals surface area contributed by atoms with E-state index < -0.39 is 11.7 Å². The van der Waals surface area contributed by atoms with Crippen molar-refractivity contribution in [3.8, 4) is 0 Å². The minimum absolute atomic E-state index is 0.297. The molecule has 0 unspecified atom stereocenters. The molecule has 4 rings (SSSR count). The SMILES string of the molecule is Cc1cc(N2CCN(Cc3ccccc3C(F)(F)F)CC2)nc(N2CCOCC2)n1. The minimum Gasteiger partial charge on any atom is -0.378 e. The first-order valence-electron chi connectivity index (χ1n) is 10.2. The number of alkyl halides is 3. The molecule has 0 aliphatic carbocycles. The van der Waals surface area contributed by atoms with E-state index in [0.29, 0.717) is 51.5 Å². The Hall–Kier alpha value is -2.39. The summed E-state index contributed by atoms with van der Waals surface area (Å²) in [7, 11) is 0. The number of morpholine rings is 1. The molecule has 6 nitrogen and oxygen atoms in total. The fourth-order valence-corrected chi connectivity index (χ4v) is 3.91. The molecule has 3 heterocycles. The second-order valence-electron chi connectivity index (χ2n) is 7.69. The van der Waals surface area contributed by atoms with Crippen LogP contribution in [-0.2, 0) is 17.5 Å². The molecule has 0 atom stereocenters. The van der Waals surface area contributed by atoms with E-state index in [0.717, 1.165) is 36.6 Å². The van der Waals surface area contributed by atoms with Crippen LogP contribution in [0, 0.1) is 6.92 Å². The molecule has 2 fully saturated rings.